The van der Waals surface area contributed by atoms with Crippen LogP contribution in [0.1, 0.15) is 35.2 Å². The highest BCUT2D eigenvalue weighted by atomic mass is 32.1. The number of aryl methyl sites for hydroxylation is 1. The SMILES string of the molecule is CCN(CC(OC)c1ccc(F)cc1F)C(C#N)c1scnc1C. The van der Waals surface area contributed by atoms with Crippen molar-refractivity contribution in [2.24, 2.45) is 0 Å². The summed E-state index contributed by atoms with van der Waals surface area (Å²) < 4.78 is 32.6. The van der Waals surface area contributed by atoms with E-state index in [2.05, 4.69) is 11.1 Å². The zero-order valence-corrected chi connectivity index (χ0v) is 14.6. The Morgan fingerprint density at radius 1 is 1.42 bits per heavy atom. The van der Waals surface area contributed by atoms with E-state index in [4.69, 9.17) is 4.74 Å². The Kier molecular flexibility index (Phi) is 6.37. The number of methoxy groups -OCH3 is 1. The first-order valence-electron chi connectivity index (χ1n) is 7.53. The minimum Gasteiger partial charge on any atom is -0.375 e. The van der Waals surface area contributed by atoms with Crippen LogP contribution in [0.4, 0.5) is 8.78 Å². The molecule has 0 radical (unpaired) electrons. The number of ether oxygens (including phenoxy) is 1. The van der Waals surface area contributed by atoms with Crippen molar-refractivity contribution >= 4 is 11.3 Å². The molecule has 1 aromatic heterocycles. The van der Waals surface area contributed by atoms with Gasteiger partial charge in [-0.2, -0.15) is 5.26 Å². The number of rotatable bonds is 7. The topological polar surface area (TPSA) is 49.1 Å². The lowest BCUT2D eigenvalue weighted by Crippen LogP contribution is -2.33. The molecular formula is C17H19F2N3OS. The lowest BCUT2D eigenvalue weighted by Gasteiger charge is -2.29. The van der Waals surface area contributed by atoms with E-state index in [9.17, 15) is 14.0 Å². The van der Waals surface area contributed by atoms with Crippen LogP contribution in [0.3, 0.4) is 0 Å². The van der Waals surface area contributed by atoms with Crippen molar-refractivity contribution in [2.45, 2.75) is 26.0 Å². The Bertz CT molecular complexity index is 729. The molecule has 0 aliphatic rings. The third-order valence-corrected chi connectivity index (χ3v) is 4.90. The molecule has 0 amide bonds. The van der Waals surface area contributed by atoms with Crippen LogP contribution in [-0.4, -0.2) is 30.1 Å². The summed E-state index contributed by atoms with van der Waals surface area (Å²) in [5.41, 5.74) is 2.79. The predicted octanol–water partition coefficient (Wildman–Crippen LogP) is 4.00. The summed E-state index contributed by atoms with van der Waals surface area (Å²) in [5.74, 6) is -1.28. The minimum atomic E-state index is -0.652. The maximum absolute atomic E-state index is 14.1. The third-order valence-electron chi connectivity index (χ3n) is 3.92. The number of halogens is 2. The van der Waals surface area contributed by atoms with Crippen molar-refractivity contribution in [3.05, 3.63) is 51.5 Å². The Labute approximate surface area is 144 Å². The zero-order chi connectivity index (χ0) is 17.7. The standard InChI is InChI=1S/C17H19F2N3OS/c1-4-22(15(8-20)17-11(2)21-10-24-17)9-16(23-3)13-6-5-12(18)7-14(13)19/h5-7,10,15-16H,4,9H2,1-3H3. The quantitative estimate of drug-likeness (QED) is 0.756. The fourth-order valence-corrected chi connectivity index (χ4v) is 3.45. The van der Waals surface area contributed by atoms with E-state index in [-0.39, 0.29) is 5.56 Å². The molecule has 4 nitrogen and oxygen atoms in total. The molecule has 2 unspecified atom stereocenters. The van der Waals surface area contributed by atoms with Crippen molar-refractivity contribution in [1.82, 2.24) is 9.88 Å². The molecule has 7 heteroatoms. The molecule has 0 spiro atoms. The summed E-state index contributed by atoms with van der Waals surface area (Å²) in [6.07, 6.45) is -0.602. The molecule has 1 aromatic carbocycles. The van der Waals surface area contributed by atoms with Gasteiger partial charge >= 0.3 is 0 Å². The Balaban J connectivity index is 2.27. The number of likely N-dealkylation sites (N-methyl/N-ethyl adjacent to an activating group) is 1. The van der Waals surface area contributed by atoms with Gasteiger partial charge in [0, 0.05) is 25.3 Å². The maximum Gasteiger partial charge on any atom is 0.135 e. The van der Waals surface area contributed by atoms with Gasteiger partial charge in [-0.15, -0.1) is 11.3 Å². The second kappa shape index (κ2) is 8.29. The molecule has 0 saturated heterocycles. The molecule has 24 heavy (non-hydrogen) atoms. The lowest BCUT2D eigenvalue weighted by atomic mass is 10.1. The fourth-order valence-electron chi connectivity index (χ4n) is 2.57. The second-order valence-electron chi connectivity index (χ2n) is 5.31. The van der Waals surface area contributed by atoms with E-state index in [1.165, 1.54) is 30.6 Å². The van der Waals surface area contributed by atoms with Gasteiger partial charge in [0.1, 0.15) is 17.7 Å². The van der Waals surface area contributed by atoms with Gasteiger partial charge in [0.05, 0.1) is 28.3 Å². The normalized spacial score (nSPS) is 13.7. The molecule has 2 atom stereocenters. The van der Waals surface area contributed by atoms with Gasteiger partial charge in [-0.25, -0.2) is 13.8 Å². The van der Waals surface area contributed by atoms with Crippen LogP contribution in [0.5, 0.6) is 0 Å². The van der Waals surface area contributed by atoms with Gasteiger partial charge in [-0.1, -0.05) is 13.0 Å². The molecule has 0 aliphatic heterocycles. The number of nitrogens with zero attached hydrogens (tertiary/aromatic N) is 3. The molecule has 0 N–H and O–H groups in total. The number of nitriles is 1. The van der Waals surface area contributed by atoms with Crippen molar-refractivity contribution in [2.75, 3.05) is 20.2 Å². The Morgan fingerprint density at radius 2 is 2.17 bits per heavy atom. The largest absolute Gasteiger partial charge is 0.375 e. The van der Waals surface area contributed by atoms with Gasteiger partial charge in [0.15, 0.2) is 0 Å². The van der Waals surface area contributed by atoms with Gasteiger partial charge in [0.2, 0.25) is 0 Å². The highest BCUT2D eigenvalue weighted by Crippen LogP contribution is 2.30. The molecule has 128 valence electrons. The molecule has 2 rings (SSSR count). The monoisotopic (exact) mass is 351 g/mol. The van der Waals surface area contributed by atoms with E-state index < -0.39 is 23.8 Å². The minimum absolute atomic E-state index is 0.273. The highest BCUT2D eigenvalue weighted by Gasteiger charge is 2.27. The molecule has 0 fully saturated rings. The summed E-state index contributed by atoms with van der Waals surface area (Å²) in [5, 5.41) is 9.59. The lowest BCUT2D eigenvalue weighted by molar-refractivity contribution is 0.0551. The van der Waals surface area contributed by atoms with Crippen LogP contribution in [0.25, 0.3) is 0 Å². The van der Waals surface area contributed by atoms with E-state index in [0.29, 0.717) is 13.1 Å². The van der Waals surface area contributed by atoms with Crippen molar-refractivity contribution < 1.29 is 13.5 Å². The molecule has 1 heterocycles. The Morgan fingerprint density at radius 3 is 2.67 bits per heavy atom. The fraction of sp³-hybridized carbons (Fsp3) is 0.412. The molecule has 0 bridgehead atoms. The van der Waals surface area contributed by atoms with Crippen LogP contribution >= 0.6 is 11.3 Å². The molecule has 2 aromatic rings. The highest BCUT2D eigenvalue weighted by molar-refractivity contribution is 7.09. The third kappa shape index (κ3) is 3.96. The first-order chi connectivity index (χ1) is 11.5. The molecule has 0 saturated carbocycles. The van der Waals surface area contributed by atoms with Gasteiger partial charge in [-0.3, -0.25) is 4.90 Å². The van der Waals surface area contributed by atoms with E-state index in [0.717, 1.165) is 16.6 Å². The molecular weight excluding hydrogens is 332 g/mol. The average Bonchev–Trinajstić information content (AvgIpc) is 2.98. The predicted molar refractivity (Wildman–Crippen MR) is 88.6 cm³/mol. The van der Waals surface area contributed by atoms with E-state index in [1.807, 2.05) is 18.7 Å². The second-order valence-corrected chi connectivity index (χ2v) is 6.20. The van der Waals surface area contributed by atoms with Crippen molar-refractivity contribution in [3.63, 3.8) is 0 Å². The molecule has 0 aliphatic carbocycles. The first kappa shape index (κ1) is 18.5. The van der Waals surface area contributed by atoms with Gasteiger partial charge in [0.25, 0.3) is 0 Å². The number of aromatic nitrogens is 1. The Hall–Kier alpha value is -1.88. The summed E-state index contributed by atoms with van der Waals surface area (Å²) in [4.78, 5) is 6.96. The van der Waals surface area contributed by atoms with Crippen LogP contribution in [-0.2, 0) is 4.74 Å². The van der Waals surface area contributed by atoms with Crippen LogP contribution in [0, 0.1) is 29.9 Å². The van der Waals surface area contributed by atoms with Crippen LogP contribution in [0.15, 0.2) is 23.7 Å². The maximum atomic E-state index is 14.1. The van der Waals surface area contributed by atoms with Crippen molar-refractivity contribution in [3.8, 4) is 6.07 Å². The number of hydrogen-bond donors (Lipinski definition) is 0. The van der Waals surface area contributed by atoms with Gasteiger partial charge in [-0.05, 0) is 19.5 Å². The number of hydrogen-bond acceptors (Lipinski definition) is 5. The zero-order valence-electron chi connectivity index (χ0n) is 13.8. The van der Waals surface area contributed by atoms with Crippen LogP contribution < -0.4 is 0 Å². The first-order valence-corrected chi connectivity index (χ1v) is 8.41. The van der Waals surface area contributed by atoms with Crippen LogP contribution in [0.2, 0.25) is 0 Å². The summed E-state index contributed by atoms with van der Waals surface area (Å²) in [6, 6.07) is 5.23. The van der Waals surface area contributed by atoms with E-state index in [1.54, 1.807) is 5.51 Å². The summed E-state index contributed by atoms with van der Waals surface area (Å²) in [6.45, 7) is 4.68. The average molecular weight is 351 g/mol. The van der Waals surface area contributed by atoms with E-state index >= 15 is 0 Å². The summed E-state index contributed by atoms with van der Waals surface area (Å²) in [7, 11) is 1.47. The smallest absolute Gasteiger partial charge is 0.135 e. The van der Waals surface area contributed by atoms with Gasteiger partial charge < -0.3 is 4.74 Å². The van der Waals surface area contributed by atoms with Crippen molar-refractivity contribution in [1.29, 1.82) is 5.26 Å². The number of benzene rings is 1. The summed E-state index contributed by atoms with van der Waals surface area (Å²) >= 11 is 1.42. The number of thiazole rings is 1.